The minimum Gasteiger partial charge on any atom is -0.475 e. The number of hydrogen-bond acceptors (Lipinski definition) is 5. The molecule has 11 heteroatoms. The van der Waals surface area contributed by atoms with Gasteiger partial charge in [-0.3, -0.25) is 9.59 Å². The van der Waals surface area contributed by atoms with Crippen LogP contribution < -0.4 is 10.9 Å². The maximum absolute atomic E-state index is 13.0. The second kappa shape index (κ2) is 7.58. The Kier molecular flexibility index (Phi) is 5.29. The fourth-order valence-electron chi connectivity index (χ4n) is 2.90. The number of pyridine rings is 1. The van der Waals surface area contributed by atoms with Crippen LogP contribution in [0.1, 0.15) is 34.7 Å². The minimum absolute atomic E-state index is 0.215. The molecular weight excluding hydrogens is 405 g/mol. The van der Waals surface area contributed by atoms with Crippen LogP contribution in [0.15, 0.2) is 41.3 Å². The molecular formula is C19H15F3N4O4. The van der Waals surface area contributed by atoms with Crippen molar-refractivity contribution >= 4 is 22.8 Å². The lowest BCUT2D eigenvalue weighted by molar-refractivity contribution is -0.192. The number of carbonyl (C=O) groups is 2. The smallest absolute Gasteiger partial charge is 0.475 e. The van der Waals surface area contributed by atoms with E-state index in [4.69, 9.17) is 9.90 Å². The van der Waals surface area contributed by atoms with Gasteiger partial charge in [-0.25, -0.2) is 19.3 Å². The van der Waals surface area contributed by atoms with E-state index in [2.05, 4.69) is 15.3 Å². The number of hydrogen-bond donors (Lipinski definition) is 2. The number of aromatic nitrogens is 3. The average molecular weight is 420 g/mol. The van der Waals surface area contributed by atoms with Crippen LogP contribution in [0.25, 0.3) is 16.7 Å². The fourth-order valence-corrected chi connectivity index (χ4v) is 2.90. The summed E-state index contributed by atoms with van der Waals surface area (Å²) in [5.74, 6) is -2.21. The summed E-state index contributed by atoms with van der Waals surface area (Å²) < 4.78 is 33.2. The number of rotatable bonds is 0. The Balaban J connectivity index is 0.000000318. The maximum Gasteiger partial charge on any atom is 0.490 e. The minimum atomic E-state index is -5.08. The zero-order valence-electron chi connectivity index (χ0n) is 15.7. The Morgan fingerprint density at radius 2 is 1.90 bits per heavy atom. The second-order valence-corrected chi connectivity index (χ2v) is 6.50. The van der Waals surface area contributed by atoms with Crippen molar-refractivity contribution in [3.8, 4) is 5.82 Å². The quantitative estimate of drug-likeness (QED) is 0.578. The first-order valence-electron chi connectivity index (χ1n) is 8.60. The van der Waals surface area contributed by atoms with Gasteiger partial charge in [0.15, 0.2) is 5.82 Å². The van der Waals surface area contributed by atoms with Gasteiger partial charge in [0.2, 0.25) is 0 Å². The monoisotopic (exact) mass is 420 g/mol. The van der Waals surface area contributed by atoms with Crippen LogP contribution in [0, 0.1) is 6.92 Å². The number of nitrogens with zero attached hydrogens (tertiary/aromatic N) is 3. The van der Waals surface area contributed by atoms with Gasteiger partial charge in [0.1, 0.15) is 5.82 Å². The maximum atomic E-state index is 13.0. The van der Waals surface area contributed by atoms with Crippen LogP contribution in [0.3, 0.4) is 0 Å². The highest BCUT2D eigenvalue weighted by Crippen LogP contribution is 2.23. The lowest BCUT2D eigenvalue weighted by atomic mass is 10.1. The van der Waals surface area contributed by atoms with Crippen molar-refractivity contribution in [3.05, 3.63) is 63.8 Å². The van der Waals surface area contributed by atoms with E-state index in [1.165, 1.54) is 4.57 Å². The molecule has 1 aromatic carbocycles. The number of amides is 1. The van der Waals surface area contributed by atoms with Gasteiger partial charge in [-0.2, -0.15) is 13.2 Å². The first-order valence-corrected chi connectivity index (χ1v) is 8.60. The zero-order chi connectivity index (χ0) is 22.2. The molecule has 4 rings (SSSR count). The van der Waals surface area contributed by atoms with E-state index in [0.717, 1.165) is 5.56 Å². The Morgan fingerprint density at radius 1 is 1.23 bits per heavy atom. The van der Waals surface area contributed by atoms with Crippen LogP contribution in [0.4, 0.5) is 13.2 Å². The third kappa shape index (κ3) is 3.86. The Morgan fingerprint density at radius 3 is 2.53 bits per heavy atom. The highest BCUT2D eigenvalue weighted by Gasteiger charge is 2.38. The van der Waals surface area contributed by atoms with E-state index in [9.17, 15) is 22.8 Å². The number of benzene rings is 1. The van der Waals surface area contributed by atoms with Gasteiger partial charge < -0.3 is 10.4 Å². The summed E-state index contributed by atoms with van der Waals surface area (Å²) in [6.07, 6.45) is -3.52. The molecule has 3 aromatic rings. The second-order valence-electron chi connectivity index (χ2n) is 6.50. The normalized spacial score (nSPS) is 15.2. The molecule has 1 unspecified atom stereocenters. The SMILES string of the molecule is Cc1ccc2c(=O)n3c(nc2c1)C(C)NC(=O)c1cccnc1-3.O=C(O)C(F)(F)F. The molecule has 30 heavy (non-hydrogen) atoms. The zero-order valence-corrected chi connectivity index (χ0v) is 15.7. The molecule has 1 amide bonds. The van der Waals surface area contributed by atoms with Gasteiger partial charge >= 0.3 is 12.1 Å². The summed E-state index contributed by atoms with van der Waals surface area (Å²) in [5, 5.41) is 10.5. The Hall–Kier alpha value is -3.76. The average Bonchev–Trinajstić information content (AvgIpc) is 2.77. The summed E-state index contributed by atoms with van der Waals surface area (Å²) in [6, 6.07) is 8.45. The van der Waals surface area contributed by atoms with E-state index in [0.29, 0.717) is 28.1 Å². The van der Waals surface area contributed by atoms with Crippen molar-refractivity contribution in [2.75, 3.05) is 0 Å². The molecule has 1 atom stereocenters. The van der Waals surface area contributed by atoms with Crippen molar-refractivity contribution < 1.29 is 27.9 Å². The third-order valence-electron chi connectivity index (χ3n) is 4.27. The summed E-state index contributed by atoms with van der Waals surface area (Å²) in [4.78, 5) is 43.1. The summed E-state index contributed by atoms with van der Waals surface area (Å²) in [5.41, 5.74) is 1.81. The summed E-state index contributed by atoms with van der Waals surface area (Å²) in [7, 11) is 0. The number of aryl methyl sites for hydroxylation is 1. The number of halogens is 3. The van der Waals surface area contributed by atoms with Gasteiger partial charge in [-0.1, -0.05) is 6.07 Å². The van der Waals surface area contributed by atoms with Crippen molar-refractivity contribution in [3.63, 3.8) is 0 Å². The molecule has 0 aliphatic carbocycles. The number of nitrogens with one attached hydrogen (secondary N) is 1. The van der Waals surface area contributed by atoms with Gasteiger partial charge in [-0.15, -0.1) is 0 Å². The first-order chi connectivity index (χ1) is 14.0. The van der Waals surface area contributed by atoms with Gasteiger partial charge in [-0.05, 0) is 43.7 Å². The molecule has 0 radical (unpaired) electrons. The van der Waals surface area contributed by atoms with Gasteiger partial charge in [0.05, 0.1) is 22.5 Å². The van der Waals surface area contributed by atoms with Crippen LogP contribution in [-0.2, 0) is 4.79 Å². The largest absolute Gasteiger partial charge is 0.490 e. The molecule has 8 nitrogen and oxygen atoms in total. The molecule has 0 bridgehead atoms. The van der Waals surface area contributed by atoms with E-state index in [-0.39, 0.29) is 11.5 Å². The van der Waals surface area contributed by atoms with Gasteiger partial charge in [0, 0.05) is 6.20 Å². The number of carbonyl (C=O) groups excluding carboxylic acids is 1. The molecule has 156 valence electrons. The molecule has 3 heterocycles. The lowest BCUT2D eigenvalue weighted by Gasteiger charge is -2.15. The molecule has 0 saturated heterocycles. The predicted molar refractivity (Wildman–Crippen MR) is 99.4 cm³/mol. The molecule has 1 aliphatic rings. The first kappa shape index (κ1) is 21.0. The van der Waals surface area contributed by atoms with Gasteiger partial charge in [0.25, 0.3) is 11.5 Å². The Labute approximate surface area is 167 Å². The molecule has 0 fully saturated rings. The molecule has 1 aliphatic heterocycles. The fraction of sp³-hybridized carbons (Fsp3) is 0.211. The van der Waals surface area contributed by atoms with Crippen LogP contribution in [0.5, 0.6) is 0 Å². The van der Waals surface area contributed by atoms with Crippen molar-refractivity contribution in [1.29, 1.82) is 0 Å². The Bertz CT molecular complexity index is 1220. The van der Waals surface area contributed by atoms with E-state index in [1.54, 1.807) is 24.4 Å². The molecule has 0 saturated carbocycles. The highest BCUT2D eigenvalue weighted by atomic mass is 19.4. The van der Waals surface area contributed by atoms with Crippen molar-refractivity contribution in [2.45, 2.75) is 26.1 Å². The summed E-state index contributed by atoms with van der Waals surface area (Å²) in [6.45, 7) is 3.76. The molecule has 2 N–H and O–H groups in total. The van der Waals surface area contributed by atoms with E-state index in [1.807, 2.05) is 26.0 Å². The summed E-state index contributed by atoms with van der Waals surface area (Å²) >= 11 is 0. The molecule has 2 aromatic heterocycles. The number of fused-ring (bicyclic) bond motifs is 4. The number of carboxylic acids is 1. The number of alkyl halides is 3. The van der Waals surface area contributed by atoms with E-state index >= 15 is 0 Å². The number of carboxylic acid groups (broad SMARTS) is 1. The highest BCUT2D eigenvalue weighted by molar-refractivity contribution is 5.98. The standard InChI is InChI=1S/C17H14N4O2.C2HF3O2/c1-9-5-6-11-13(8-9)20-14-10(2)19-16(22)12-4-3-7-18-15(12)21(14)17(11)23;3-2(4,5)1(6)7/h3-8,10H,1-2H3,(H,19,22);(H,6,7). The van der Waals surface area contributed by atoms with Crippen LogP contribution >= 0.6 is 0 Å². The van der Waals surface area contributed by atoms with Crippen molar-refractivity contribution in [1.82, 2.24) is 19.9 Å². The van der Waals surface area contributed by atoms with Crippen LogP contribution in [-0.4, -0.2) is 37.7 Å². The topological polar surface area (TPSA) is 114 Å². The molecule has 0 spiro atoms. The van der Waals surface area contributed by atoms with Crippen molar-refractivity contribution in [2.24, 2.45) is 0 Å². The van der Waals surface area contributed by atoms with E-state index < -0.39 is 18.2 Å². The lowest BCUT2D eigenvalue weighted by Crippen LogP contribution is -2.28. The number of aliphatic carboxylic acids is 1. The van der Waals surface area contributed by atoms with Crippen LogP contribution in [0.2, 0.25) is 0 Å². The predicted octanol–water partition coefficient (Wildman–Crippen LogP) is 2.53. The third-order valence-corrected chi connectivity index (χ3v) is 4.27.